The summed E-state index contributed by atoms with van der Waals surface area (Å²) < 4.78 is 13.2. The van der Waals surface area contributed by atoms with Gasteiger partial charge in [-0.05, 0) is 42.3 Å². The molecular weight excluding hydrogens is 323 g/mol. The van der Waals surface area contributed by atoms with Gasteiger partial charge in [0.1, 0.15) is 5.82 Å². The van der Waals surface area contributed by atoms with Gasteiger partial charge in [0.2, 0.25) is 0 Å². The van der Waals surface area contributed by atoms with Crippen molar-refractivity contribution in [1.82, 2.24) is 10.2 Å². The number of aliphatic hydroxyl groups is 1. The Morgan fingerprint density at radius 2 is 1.84 bits per heavy atom. The second-order valence-corrected chi connectivity index (χ2v) is 6.07. The van der Waals surface area contributed by atoms with Gasteiger partial charge in [-0.1, -0.05) is 18.2 Å². The highest BCUT2D eigenvalue weighted by Gasteiger charge is 2.35. The van der Waals surface area contributed by atoms with E-state index in [1.807, 2.05) is 0 Å². The summed E-state index contributed by atoms with van der Waals surface area (Å²) in [6.07, 6.45) is -0.242. The Morgan fingerprint density at radius 3 is 2.52 bits per heavy atom. The van der Waals surface area contributed by atoms with E-state index in [2.05, 4.69) is 5.32 Å². The fraction of sp³-hybridized carbons (Fsp3) is 0.263. The number of halogens is 1. The minimum Gasteiger partial charge on any atom is -0.391 e. The van der Waals surface area contributed by atoms with E-state index in [0.29, 0.717) is 17.5 Å². The molecule has 1 fully saturated rings. The molecule has 2 unspecified atom stereocenters. The highest BCUT2D eigenvalue weighted by atomic mass is 19.1. The lowest BCUT2D eigenvalue weighted by molar-refractivity contribution is 0.0716. The highest BCUT2D eigenvalue weighted by molar-refractivity contribution is 5.99. The van der Waals surface area contributed by atoms with Crippen molar-refractivity contribution in [2.45, 2.75) is 18.6 Å². The Morgan fingerprint density at radius 1 is 1.16 bits per heavy atom. The van der Waals surface area contributed by atoms with E-state index in [-0.39, 0.29) is 30.2 Å². The first-order valence-corrected chi connectivity index (χ1v) is 8.06. The van der Waals surface area contributed by atoms with E-state index in [9.17, 15) is 19.1 Å². The van der Waals surface area contributed by atoms with Crippen LogP contribution in [0.25, 0.3) is 0 Å². The summed E-state index contributed by atoms with van der Waals surface area (Å²) in [7, 11) is 1.53. The number of nitrogens with one attached hydrogen (secondary N) is 1. The number of likely N-dealkylation sites (tertiary alicyclic amines) is 1. The van der Waals surface area contributed by atoms with E-state index < -0.39 is 6.10 Å². The topological polar surface area (TPSA) is 69.6 Å². The van der Waals surface area contributed by atoms with Crippen LogP contribution in [0.2, 0.25) is 0 Å². The van der Waals surface area contributed by atoms with E-state index >= 15 is 0 Å². The third kappa shape index (κ3) is 3.53. The number of benzene rings is 2. The molecule has 2 N–H and O–H groups in total. The van der Waals surface area contributed by atoms with E-state index in [1.165, 1.54) is 25.2 Å². The molecule has 3 rings (SSSR count). The summed E-state index contributed by atoms with van der Waals surface area (Å²) in [6, 6.07) is 12.1. The van der Waals surface area contributed by atoms with Crippen molar-refractivity contribution in [3.63, 3.8) is 0 Å². The standard InChI is InChI=1S/C19H19FN2O3/c1-21-18(24)13-3-2-4-14(9-13)19(25)22-11-16(23)10-17(22)12-5-7-15(20)8-6-12/h2-9,16-17,23H,10-11H2,1H3,(H,21,24). The predicted molar refractivity (Wildman–Crippen MR) is 90.6 cm³/mol. The lowest BCUT2D eigenvalue weighted by Gasteiger charge is -2.25. The minimum atomic E-state index is -0.638. The molecule has 0 saturated carbocycles. The largest absolute Gasteiger partial charge is 0.391 e. The lowest BCUT2D eigenvalue weighted by Crippen LogP contribution is -2.32. The van der Waals surface area contributed by atoms with Crippen LogP contribution in [-0.4, -0.2) is 41.5 Å². The van der Waals surface area contributed by atoms with Crippen LogP contribution < -0.4 is 5.32 Å². The number of carbonyl (C=O) groups is 2. The van der Waals surface area contributed by atoms with Gasteiger partial charge >= 0.3 is 0 Å². The molecule has 1 saturated heterocycles. The Kier molecular flexibility index (Phi) is 4.81. The summed E-state index contributed by atoms with van der Waals surface area (Å²) in [5.74, 6) is -0.888. The predicted octanol–water partition coefficient (Wildman–Crippen LogP) is 2.13. The number of rotatable bonds is 3. The molecule has 2 aromatic carbocycles. The van der Waals surface area contributed by atoms with Crippen molar-refractivity contribution < 1.29 is 19.1 Å². The van der Waals surface area contributed by atoms with Gasteiger partial charge in [-0.3, -0.25) is 9.59 Å². The second-order valence-electron chi connectivity index (χ2n) is 6.07. The summed E-state index contributed by atoms with van der Waals surface area (Å²) in [4.78, 5) is 26.3. The van der Waals surface area contributed by atoms with Crippen molar-refractivity contribution >= 4 is 11.8 Å². The van der Waals surface area contributed by atoms with Crippen molar-refractivity contribution in [1.29, 1.82) is 0 Å². The lowest BCUT2D eigenvalue weighted by atomic mass is 10.0. The summed E-state index contributed by atoms with van der Waals surface area (Å²) >= 11 is 0. The van der Waals surface area contributed by atoms with Gasteiger partial charge in [-0.15, -0.1) is 0 Å². The normalized spacial score (nSPS) is 19.7. The van der Waals surface area contributed by atoms with Gasteiger partial charge in [0.15, 0.2) is 0 Å². The summed E-state index contributed by atoms with van der Waals surface area (Å²) in [5.41, 5.74) is 1.54. The average Bonchev–Trinajstić information content (AvgIpc) is 3.02. The van der Waals surface area contributed by atoms with Crippen LogP contribution in [0, 0.1) is 5.82 Å². The second kappa shape index (κ2) is 7.03. The van der Waals surface area contributed by atoms with Crippen molar-refractivity contribution in [2.75, 3.05) is 13.6 Å². The van der Waals surface area contributed by atoms with Crippen LogP contribution in [0.1, 0.15) is 38.7 Å². The van der Waals surface area contributed by atoms with Crippen LogP contribution in [0.4, 0.5) is 4.39 Å². The molecule has 130 valence electrons. The van der Waals surface area contributed by atoms with E-state index in [0.717, 1.165) is 5.56 Å². The number of nitrogens with zero attached hydrogens (tertiary/aromatic N) is 1. The van der Waals surface area contributed by atoms with Gasteiger partial charge in [-0.2, -0.15) is 0 Å². The zero-order chi connectivity index (χ0) is 18.0. The van der Waals surface area contributed by atoms with Gasteiger partial charge in [0.25, 0.3) is 11.8 Å². The number of aliphatic hydroxyl groups excluding tert-OH is 1. The van der Waals surface area contributed by atoms with Crippen molar-refractivity contribution in [2.24, 2.45) is 0 Å². The Labute approximate surface area is 145 Å². The molecule has 0 bridgehead atoms. The zero-order valence-corrected chi connectivity index (χ0v) is 13.8. The van der Waals surface area contributed by atoms with Crippen LogP contribution in [-0.2, 0) is 0 Å². The molecule has 1 aliphatic heterocycles. The molecule has 25 heavy (non-hydrogen) atoms. The molecule has 0 aromatic heterocycles. The SMILES string of the molecule is CNC(=O)c1cccc(C(=O)N2CC(O)CC2c2ccc(F)cc2)c1. The summed E-state index contributed by atoms with van der Waals surface area (Å²) in [5, 5.41) is 12.6. The van der Waals surface area contributed by atoms with Gasteiger partial charge < -0.3 is 15.3 Å². The molecule has 0 radical (unpaired) electrons. The van der Waals surface area contributed by atoms with Gasteiger partial charge in [-0.25, -0.2) is 4.39 Å². The number of β-amino-alcohol motifs (C(OH)–C–C–N with tert-alkyl or cyclic N) is 1. The van der Waals surface area contributed by atoms with Crippen molar-refractivity contribution in [3.8, 4) is 0 Å². The fourth-order valence-electron chi connectivity index (χ4n) is 3.14. The Bertz CT molecular complexity index is 792. The average molecular weight is 342 g/mol. The Hall–Kier alpha value is -2.73. The molecule has 6 heteroatoms. The minimum absolute atomic E-state index is 0.199. The number of hydrogen-bond acceptors (Lipinski definition) is 3. The maximum absolute atomic E-state index is 13.2. The molecule has 1 aliphatic rings. The monoisotopic (exact) mass is 342 g/mol. The molecule has 1 heterocycles. The summed E-state index contributed by atoms with van der Waals surface area (Å²) in [6.45, 7) is 0.199. The fourth-order valence-corrected chi connectivity index (χ4v) is 3.14. The van der Waals surface area contributed by atoms with Crippen LogP contribution >= 0.6 is 0 Å². The molecule has 2 atom stereocenters. The molecule has 2 amide bonds. The first-order chi connectivity index (χ1) is 12.0. The smallest absolute Gasteiger partial charge is 0.254 e. The highest BCUT2D eigenvalue weighted by Crippen LogP contribution is 2.33. The third-order valence-electron chi connectivity index (χ3n) is 4.39. The Balaban J connectivity index is 1.89. The number of hydrogen-bond donors (Lipinski definition) is 2. The molecule has 0 spiro atoms. The first-order valence-electron chi connectivity index (χ1n) is 8.06. The third-order valence-corrected chi connectivity index (χ3v) is 4.39. The maximum Gasteiger partial charge on any atom is 0.254 e. The van der Waals surface area contributed by atoms with Crippen LogP contribution in [0.3, 0.4) is 0 Å². The molecule has 2 aromatic rings. The van der Waals surface area contributed by atoms with Gasteiger partial charge in [0.05, 0.1) is 12.1 Å². The number of carbonyl (C=O) groups excluding carboxylic acids is 2. The van der Waals surface area contributed by atoms with Crippen molar-refractivity contribution in [3.05, 3.63) is 71.0 Å². The van der Waals surface area contributed by atoms with Crippen LogP contribution in [0.5, 0.6) is 0 Å². The molecule has 5 nitrogen and oxygen atoms in total. The quantitative estimate of drug-likeness (QED) is 0.898. The van der Waals surface area contributed by atoms with Crippen LogP contribution in [0.15, 0.2) is 48.5 Å². The maximum atomic E-state index is 13.2. The van der Waals surface area contributed by atoms with Gasteiger partial charge in [0, 0.05) is 24.7 Å². The number of amides is 2. The molecule has 0 aliphatic carbocycles. The van der Waals surface area contributed by atoms with E-state index in [4.69, 9.17) is 0 Å². The molecular formula is C19H19FN2O3. The van der Waals surface area contributed by atoms with E-state index in [1.54, 1.807) is 35.2 Å². The zero-order valence-electron chi connectivity index (χ0n) is 13.8. The first kappa shape index (κ1) is 17.1.